The molecule has 0 unspecified atom stereocenters. The monoisotopic (exact) mass is 353 g/mol. The lowest BCUT2D eigenvalue weighted by Gasteiger charge is -2.31. The number of quaternary nitrogens is 1. The normalized spacial score (nSPS) is 12.3. The summed E-state index contributed by atoms with van der Waals surface area (Å²) in [5.41, 5.74) is 0. The Morgan fingerprint density at radius 3 is 1.89 bits per heavy atom. The van der Waals surface area contributed by atoms with Gasteiger partial charge < -0.3 is 25.9 Å². The first-order chi connectivity index (χ1) is 8.27. The van der Waals surface area contributed by atoms with E-state index in [-0.39, 0.29) is 17.0 Å². The van der Waals surface area contributed by atoms with Crippen molar-refractivity contribution in [3.63, 3.8) is 0 Å². The fourth-order valence-corrected chi connectivity index (χ4v) is 2.73. The Labute approximate surface area is 133 Å². The van der Waals surface area contributed by atoms with Gasteiger partial charge in [0, 0.05) is 0 Å². The zero-order chi connectivity index (χ0) is 14.1. The molecule has 0 aliphatic rings. The first-order valence-electron chi connectivity index (χ1n) is 7.73. The molecule has 0 rings (SSSR count). The molecule has 0 aromatic carbocycles. The summed E-state index contributed by atoms with van der Waals surface area (Å²) in [6, 6.07) is 0. The highest BCUT2D eigenvalue weighted by molar-refractivity contribution is 6.69. The van der Waals surface area contributed by atoms with Gasteiger partial charge in [-0.05, 0) is 32.5 Å². The van der Waals surface area contributed by atoms with Gasteiger partial charge in [0.1, 0.15) is 6.54 Å². The van der Waals surface area contributed by atoms with Crippen molar-refractivity contribution in [2.45, 2.75) is 65.1 Å². The molecule has 118 valence electrons. The Morgan fingerprint density at radius 2 is 1.37 bits per heavy atom. The summed E-state index contributed by atoms with van der Waals surface area (Å²) in [5, 5.41) is 0. The van der Waals surface area contributed by atoms with E-state index in [1.807, 2.05) is 0 Å². The SMILES string of the molecule is CCCCCCCC[N+](C)(C)CCO[Si](C)(C)C.[Br-]. The minimum absolute atomic E-state index is 0. The molecule has 4 heteroatoms. The van der Waals surface area contributed by atoms with E-state index in [0.29, 0.717) is 0 Å². The molecule has 0 aliphatic heterocycles. The average Bonchev–Trinajstić information content (AvgIpc) is 2.21. The lowest BCUT2D eigenvalue weighted by molar-refractivity contribution is -0.890. The van der Waals surface area contributed by atoms with Gasteiger partial charge in [0.25, 0.3) is 0 Å². The van der Waals surface area contributed by atoms with Crippen LogP contribution in [0.2, 0.25) is 19.6 Å². The van der Waals surface area contributed by atoms with Crippen molar-refractivity contribution >= 4 is 8.32 Å². The molecular formula is C15H36BrNOSi. The number of likely N-dealkylation sites (N-methyl/N-ethyl adjacent to an activating group) is 1. The van der Waals surface area contributed by atoms with Crippen LogP contribution in [0.1, 0.15) is 45.4 Å². The summed E-state index contributed by atoms with van der Waals surface area (Å²) in [5.74, 6) is 0. The topological polar surface area (TPSA) is 9.23 Å². The van der Waals surface area contributed by atoms with Crippen LogP contribution in [-0.2, 0) is 4.43 Å². The molecule has 0 N–H and O–H groups in total. The van der Waals surface area contributed by atoms with Crippen LogP contribution in [0.25, 0.3) is 0 Å². The largest absolute Gasteiger partial charge is 1.00 e. The Balaban J connectivity index is 0. The number of rotatable bonds is 11. The standard InChI is InChI=1S/C15H36NOSi.BrH/c1-7-8-9-10-11-12-13-16(2,3)14-15-17-18(4,5)6;/h7-15H2,1-6H3;1H/q+1;/p-1. The quantitative estimate of drug-likeness (QED) is 0.309. The van der Waals surface area contributed by atoms with Crippen molar-refractivity contribution in [3.8, 4) is 0 Å². The highest BCUT2D eigenvalue weighted by Gasteiger charge is 2.18. The molecule has 0 spiro atoms. The second kappa shape index (κ2) is 11.3. The maximum absolute atomic E-state index is 5.95. The van der Waals surface area contributed by atoms with Crippen LogP contribution < -0.4 is 17.0 Å². The molecule has 2 nitrogen and oxygen atoms in total. The third-order valence-electron chi connectivity index (χ3n) is 3.35. The molecule has 0 saturated heterocycles. The lowest BCUT2D eigenvalue weighted by atomic mass is 10.1. The van der Waals surface area contributed by atoms with Crippen LogP contribution in [0.3, 0.4) is 0 Å². The van der Waals surface area contributed by atoms with Gasteiger partial charge in [-0.2, -0.15) is 0 Å². The minimum atomic E-state index is -1.32. The number of hydrogen-bond donors (Lipinski definition) is 0. The summed E-state index contributed by atoms with van der Waals surface area (Å²) in [7, 11) is 3.35. The van der Waals surface area contributed by atoms with E-state index in [0.717, 1.165) is 17.6 Å². The Hall–Kier alpha value is 0.617. The third kappa shape index (κ3) is 16.6. The van der Waals surface area contributed by atoms with Gasteiger partial charge >= 0.3 is 0 Å². The highest BCUT2D eigenvalue weighted by Crippen LogP contribution is 2.09. The van der Waals surface area contributed by atoms with Gasteiger partial charge in [0.15, 0.2) is 8.32 Å². The Kier molecular flexibility index (Phi) is 13.0. The molecule has 0 radical (unpaired) electrons. The van der Waals surface area contributed by atoms with Gasteiger partial charge in [0.2, 0.25) is 0 Å². The number of nitrogens with zero attached hydrogens (tertiary/aromatic N) is 1. The predicted molar refractivity (Wildman–Crippen MR) is 84.5 cm³/mol. The lowest BCUT2D eigenvalue weighted by Crippen LogP contribution is -3.00. The number of halogens is 1. The number of hydrogen-bond acceptors (Lipinski definition) is 1. The summed E-state index contributed by atoms with van der Waals surface area (Å²) in [6.45, 7) is 12.4. The van der Waals surface area contributed by atoms with Gasteiger partial charge in [0.05, 0.1) is 27.2 Å². The Bertz CT molecular complexity index is 205. The molecule has 0 aromatic rings. The van der Waals surface area contributed by atoms with Crippen LogP contribution in [0.4, 0.5) is 0 Å². The highest BCUT2D eigenvalue weighted by atomic mass is 79.9. The second-order valence-electron chi connectivity index (χ2n) is 7.11. The molecule has 0 amide bonds. The van der Waals surface area contributed by atoms with Gasteiger partial charge in [-0.25, -0.2) is 0 Å². The molecular weight excluding hydrogens is 318 g/mol. The molecule has 0 heterocycles. The van der Waals surface area contributed by atoms with Crippen molar-refractivity contribution < 1.29 is 25.9 Å². The van der Waals surface area contributed by atoms with E-state index in [4.69, 9.17) is 4.43 Å². The zero-order valence-corrected chi connectivity index (χ0v) is 16.7. The zero-order valence-electron chi connectivity index (χ0n) is 14.1. The van der Waals surface area contributed by atoms with Crippen molar-refractivity contribution in [2.75, 3.05) is 33.8 Å². The summed E-state index contributed by atoms with van der Waals surface area (Å²) in [6.07, 6.45) is 8.35. The summed E-state index contributed by atoms with van der Waals surface area (Å²) < 4.78 is 7.06. The predicted octanol–water partition coefficient (Wildman–Crippen LogP) is 1.28. The molecule has 0 aliphatic carbocycles. The smallest absolute Gasteiger partial charge is 0.184 e. The van der Waals surface area contributed by atoms with Crippen molar-refractivity contribution in [1.82, 2.24) is 0 Å². The van der Waals surface area contributed by atoms with E-state index >= 15 is 0 Å². The molecule has 0 aromatic heterocycles. The van der Waals surface area contributed by atoms with Gasteiger partial charge in [-0.3, -0.25) is 0 Å². The van der Waals surface area contributed by atoms with E-state index in [9.17, 15) is 0 Å². The van der Waals surface area contributed by atoms with Crippen LogP contribution >= 0.6 is 0 Å². The summed E-state index contributed by atoms with van der Waals surface area (Å²) in [4.78, 5) is 0. The van der Waals surface area contributed by atoms with E-state index in [1.54, 1.807) is 0 Å². The van der Waals surface area contributed by atoms with Crippen molar-refractivity contribution in [2.24, 2.45) is 0 Å². The van der Waals surface area contributed by atoms with Crippen LogP contribution in [0.15, 0.2) is 0 Å². The molecule has 0 saturated carbocycles. The molecule has 0 fully saturated rings. The fourth-order valence-electron chi connectivity index (χ4n) is 2.03. The van der Waals surface area contributed by atoms with Gasteiger partial charge in [-0.15, -0.1) is 0 Å². The third-order valence-corrected chi connectivity index (χ3v) is 4.42. The first-order valence-corrected chi connectivity index (χ1v) is 11.1. The van der Waals surface area contributed by atoms with E-state index in [1.165, 1.54) is 45.1 Å². The summed E-state index contributed by atoms with van der Waals surface area (Å²) >= 11 is 0. The Morgan fingerprint density at radius 1 is 0.842 bits per heavy atom. The molecule has 0 atom stereocenters. The number of unbranched alkanes of at least 4 members (excludes halogenated alkanes) is 5. The first kappa shape index (κ1) is 21.9. The minimum Gasteiger partial charge on any atom is -1.00 e. The van der Waals surface area contributed by atoms with Crippen molar-refractivity contribution in [1.29, 1.82) is 0 Å². The average molecular weight is 354 g/mol. The molecule has 0 bridgehead atoms. The van der Waals surface area contributed by atoms with Crippen LogP contribution in [0, 0.1) is 0 Å². The van der Waals surface area contributed by atoms with Gasteiger partial charge in [-0.1, -0.05) is 32.6 Å². The maximum atomic E-state index is 5.95. The van der Waals surface area contributed by atoms with Crippen LogP contribution in [-0.4, -0.2) is 46.6 Å². The van der Waals surface area contributed by atoms with E-state index in [2.05, 4.69) is 40.7 Å². The maximum Gasteiger partial charge on any atom is 0.184 e. The van der Waals surface area contributed by atoms with Crippen LogP contribution in [0.5, 0.6) is 0 Å². The fraction of sp³-hybridized carbons (Fsp3) is 1.00. The second-order valence-corrected chi connectivity index (χ2v) is 11.6. The molecule has 19 heavy (non-hydrogen) atoms. The van der Waals surface area contributed by atoms with E-state index < -0.39 is 8.32 Å². The van der Waals surface area contributed by atoms with Crippen molar-refractivity contribution in [3.05, 3.63) is 0 Å².